The number of rotatable bonds is 11. The Morgan fingerprint density at radius 3 is 2.24 bits per heavy atom. The Balaban J connectivity index is 1.52. The number of ether oxygens (including phenoxy) is 2. The SMILES string of the molecule is COc1ccc(COc2c3c(c(N(C)S(C)(=O)=O)c4cc(Cc5ccc(F)cc5)cnc24)CN(Cc2ccc(F)cc2C(=O)N(C)C)C3=O)cc1. The Kier molecular flexibility index (Phi) is 9.67. The highest BCUT2D eigenvalue weighted by Crippen LogP contribution is 2.46. The van der Waals surface area contributed by atoms with E-state index in [4.69, 9.17) is 14.5 Å². The number of anilines is 1. The molecule has 1 aliphatic heterocycles. The molecule has 0 spiro atoms. The Morgan fingerprint density at radius 1 is 0.922 bits per heavy atom. The van der Waals surface area contributed by atoms with Crippen LogP contribution in [0, 0.1) is 11.6 Å². The van der Waals surface area contributed by atoms with Crippen molar-refractivity contribution in [2.45, 2.75) is 26.1 Å². The maximum absolute atomic E-state index is 14.4. The molecular weight excluding hydrogens is 679 g/mol. The molecular formula is C38H36F2N4O6S. The topological polar surface area (TPSA) is 109 Å². The predicted octanol–water partition coefficient (Wildman–Crippen LogP) is 5.95. The fourth-order valence-electron chi connectivity index (χ4n) is 6.14. The lowest BCUT2D eigenvalue weighted by Crippen LogP contribution is -2.28. The molecule has 2 amide bonds. The van der Waals surface area contributed by atoms with Gasteiger partial charge in [0, 0.05) is 56.9 Å². The number of sulfonamides is 1. The summed E-state index contributed by atoms with van der Waals surface area (Å²) in [5, 5.41) is 0.436. The molecule has 5 aromatic rings. The van der Waals surface area contributed by atoms with Gasteiger partial charge in [0.15, 0.2) is 5.75 Å². The molecule has 0 saturated heterocycles. The normalized spacial score (nSPS) is 12.6. The third kappa shape index (κ3) is 7.20. The molecule has 13 heteroatoms. The quantitative estimate of drug-likeness (QED) is 0.167. The maximum Gasteiger partial charge on any atom is 0.258 e. The first-order valence-corrected chi connectivity index (χ1v) is 17.8. The Labute approximate surface area is 294 Å². The molecule has 0 bridgehead atoms. The van der Waals surface area contributed by atoms with Crippen LogP contribution in [0.3, 0.4) is 0 Å². The van der Waals surface area contributed by atoms with Gasteiger partial charge in [-0.3, -0.25) is 18.9 Å². The number of methoxy groups -OCH3 is 1. The molecule has 0 saturated carbocycles. The van der Waals surface area contributed by atoms with Gasteiger partial charge in [-0.05, 0) is 71.1 Å². The Morgan fingerprint density at radius 2 is 1.59 bits per heavy atom. The van der Waals surface area contributed by atoms with Crippen molar-refractivity contribution in [3.63, 3.8) is 0 Å². The van der Waals surface area contributed by atoms with Crippen LogP contribution in [0.4, 0.5) is 14.5 Å². The zero-order valence-corrected chi connectivity index (χ0v) is 29.6. The lowest BCUT2D eigenvalue weighted by atomic mass is 9.98. The molecule has 0 aliphatic carbocycles. The molecule has 6 rings (SSSR count). The molecule has 1 aromatic heterocycles. The van der Waals surface area contributed by atoms with Gasteiger partial charge in [0.2, 0.25) is 10.0 Å². The molecule has 0 fully saturated rings. The largest absolute Gasteiger partial charge is 0.497 e. The number of hydrogen-bond acceptors (Lipinski definition) is 7. The molecule has 51 heavy (non-hydrogen) atoms. The van der Waals surface area contributed by atoms with Crippen LogP contribution >= 0.6 is 0 Å². The summed E-state index contributed by atoms with van der Waals surface area (Å²) in [6, 6.07) is 18.9. The summed E-state index contributed by atoms with van der Waals surface area (Å²) in [4.78, 5) is 35.0. The molecule has 0 N–H and O–H groups in total. The van der Waals surface area contributed by atoms with E-state index in [1.54, 1.807) is 51.7 Å². The van der Waals surface area contributed by atoms with Gasteiger partial charge in [-0.15, -0.1) is 0 Å². The number of aromatic nitrogens is 1. The zero-order valence-electron chi connectivity index (χ0n) is 28.7. The maximum atomic E-state index is 14.4. The molecule has 0 atom stereocenters. The van der Waals surface area contributed by atoms with E-state index < -0.39 is 27.7 Å². The predicted molar refractivity (Wildman–Crippen MR) is 190 cm³/mol. The Hall–Kier alpha value is -5.56. The molecule has 0 radical (unpaired) electrons. The van der Waals surface area contributed by atoms with Crippen molar-refractivity contribution in [1.29, 1.82) is 0 Å². The van der Waals surface area contributed by atoms with E-state index in [0.717, 1.165) is 33.3 Å². The number of benzene rings is 4. The molecule has 10 nitrogen and oxygen atoms in total. The van der Waals surface area contributed by atoms with E-state index in [-0.39, 0.29) is 53.6 Å². The van der Waals surface area contributed by atoms with Crippen LogP contribution in [-0.4, -0.2) is 69.5 Å². The summed E-state index contributed by atoms with van der Waals surface area (Å²) in [5.41, 5.74) is 3.90. The number of amides is 2. The van der Waals surface area contributed by atoms with Crippen LogP contribution in [0.25, 0.3) is 10.9 Å². The van der Waals surface area contributed by atoms with Crippen molar-refractivity contribution < 1.29 is 36.3 Å². The fraction of sp³-hybridized carbons (Fsp3) is 0.237. The van der Waals surface area contributed by atoms with Gasteiger partial charge in [-0.1, -0.05) is 30.3 Å². The minimum Gasteiger partial charge on any atom is -0.497 e. The first-order chi connectivity index (χ1) is 24.2. The second-order valence-corrected chi connectivity index (χ2v) is 14.6. The molecule has 2 heterocycles. The number of nitrogens with zero attached hydrogens (tertiary/aromatic N) is 4. The van der Waals surface area contributed by atoms with Crippen molar-refractivity contribution in [3.8, 4) is 11.5 Å². The fourth-order valence-corrected chi connectivity index (χ4v) is 6.68. The van der Waals surface area contributed by atoms with Gasteiger partial charge in [0.25, 0.3) is 11.8 Å². The van der Waals surface area contributed by atoms with Crippen molar-refractivity contribution in [1.82, 2.24) is 14.8 Å². The van der Waals surface area contributed by atoms with E-state index in [1.807, 2.05) is 18.2 Å². The van der Waals surface area contributed by atoms with Gasteiger partial charge < -0.3 is 19.3 Å². The van der Waals surface area contributed by atoms with Crippen molar-refractivity contribution in [3.05, 3.63) is 130 Å². The number of halogens is 2. The smallest absolute Gasteiger partial charge is 0.258 e. The average Bonchev–Trinajstić information content (AvgIpc) is 3.42. The van der Waals surface area contributed by atoms with Crippen LogP contribution in [0.15, 0.2) is 79.0 Å². The summed E-state index contributed by atoms with van der Waals surface area (Å²) in [7, 11) is 2.22. The van der Waals surface area contributed by atoms with Gasteiger partial charge >= 0.3 is 0 Å². The number of hydrogen-bond donors (Lipinski definition) is 0. The highest BCUT2D eigenvalue weighted by molar-refractivity contribution is 7.92. The van der Waals surface area contributed by atoms with Gasteiger partial charge in [-0.25, -0.2) is 17.2 Å². The number of fused-ring (bicyclic) bond motifs is 2. The lowest BCUT2D eigenvalue weighted by molar-refractivity contribution is 0.0754. The first-order valence-electron chi connectivity index (χ1n) is 16.0. The number of carbonyl (C=O) groups is 2. The van der Waals surface area contributed by atoms with E-state index >= 15 is 0 Å². The van der Waals surface area contributed by atoms with E-state index in [0.29, 0.717) is 28.7 Å². The van der Waals surface area contributed by atoms with E-state index in [9.17, 15) is 26.8 Å². The van der Waals surface area contributed by atoms with E-state index in [2.05, 4.69) is 0 Å². The monoisotopic (exact) mass is 714 g/mol. The summed E-state index contributed by atoms with van der Waals surface area (Å²) < 4.78 is 67.1. The van der Waals surface area contributed by atoms with Crippen molar-refractivity contribution >= 4 is 38.4 Å². The van der Waals surface area contributed by atoms with Crippen LogP contribution < -0.4 is 13.8 Å². The third-order valence-corrected chi connectivity index (χ3v) is 10.0. The molecule has 1 aliphatic rings. The summed E-state index contributed by atoms with van der Waals surface area (Å²) in [5.74, 6) is -1.03. The highest BCUT2D eigenvalue weighted by atomic mass is 32.2. The number of carbonyl (C=O) groups excluding carboxylic acids is 2. The van der Waals surface area contributed by atoms with Crippen molar-refractivity contribution in [2.24, 2.45) is 0 Å². The van der Waals surface area contributed by atoms with Gasteiger partial charge in [0.1, 0.15) is 29.5 Å². The highest BCUT2D eigenvalue weighted by Gasteiger charge is 2.38. The van der Waals surface area contributed by atoms with E-state index in [1.165, 1.54) is 41.1 Å². The second kappa shape index (κ2) is 14.0. The minimum atomic E-state index is -3.86. The third-order valence-electron chi connectivity index (χ3n) is 8.83. The zero-order chi connectivity index (χ0) is 36.6. The molecule has 264 valence electrons. The van der Waals surface area contributed by atoms with Crippen molar-refractivity contribution in [2.75, 3.05) is 38.8 Å². The average molecular weight is 715 g/mol. The van der Waals surface area contributed by atoms with Crippen LogP contribution in [0.5, 0.6) is 11.5 Å². The summed E-state index contributed by atoms with van der Waals surface area (Å²) in [6.07, 6.45) is 3.07. The summed E-state index contributed by atoms with van der Waals surface area (Å²) >= 11 is 0. The number of pyridine rings is 1. The summed E-state index contributed by atoms with van der Waals surface area (Å²) in [6.45, 7) is -0.0475. The second-order valence-electron chi connectivity index (χ2n) is 12.6. The lowest BCUT2D eigenvalue weighted by Gasteiger charge is -2.24. The van der Waals surface area contributed by atoms with Gasteiger partial charge in [0.05, 0.1) is 24.6 Å². The minimum absolute atomic E-state index is 0.0344. The standard InChI is InChI=1S/C38H36F2N4O6S/c1-42(2)37(45)30-18-28(40)13-10-26(30)20-44-21-32-33(38(44)46)36(50-22-24-8-14-29(49-4)15-9-24)34-31(35(32)43(3)51(5,47)48)17-25(19-41-34)16-23-6-11-27(39)12-7-23/h6-15,17-19H,16,20-22H2,1-5H3. The Bertz CT molecular complexity index is 2260. The van der Waals surface area contributed by atoms with Crippen LogP contribution in [0.2, 0.25) is 0 Å². The van der Waals surface area contributed by atoms with Crippen LogP contribution in [-0.2, 0) is 36.1 Å². The van der Waals surface area contributed by atoms with Crippen LogP contribution in [0.1, 0.15) is 48.5 Å². The van der Waals surface area contributed by atoms with Gasteiger partial charge in [-0.2, -0.15) is 0 Å². The first kappa shape index (κ1) is 35.3. The molecule has 4 aromatic carbocycles. The molecule has 0 unspecified atom stereocenters.